The summed E-state index contributed by atoms with van der Waals surface area (Å²) >= 11 is 0. The summed E-state index contributed by atoms with van der Waals surface area (Å²) in [6, 6.07) is 10.3. The molecule has 5 nitrogen and oxygen atoms in total. The van der Waals surface area contributed by atoms with Crippen molar-refractivity contribution in [2.24, 2.45) is 0 Å². The Morgan fingerprint density at radius 3 is 2.15 bits per heavy atom. The van der Waals surface area contributed by atoms with Crippen LogP contribution in [0.4, 0.5) is 13.2 Å². The second-order valence-corrected chi connectivity index (χ2v) is 5.73. The first-order chi connectivity index (χ1) is 12.7. The Bertz CT molecular complexity index is 776. The molecule has 0 aliphatic heterocycles. The largest absolute Gasteiger partial charge is 0.497 e. The molecular formula is C19H18F3NO4. The number of carbonyl (C=O) groups is 2. The molecule has 0 fully saturated rings. The lowest BCUT2D eigenvalue weighted by molar-refractivity contribution is -0.180. The second-order valence-electron chi connectivity index (χ2n) is 5.73. The number of hydrogen-bond donors (Lipinski definition) is 1. The number of halogens is 3. The molecule has 144 valence electrons. The molecule has 0 saturated carbocycles. The Labute approximate surface area is 154 Å². The van der Waals surface area contributed by atoms with Crippen molar-refractivity contribution in [3.05, 3.63) is 65.7 Å². The quantitative estimate of drug-likeness (QED) is 0.790. The zero-order valence-corrected chi connectivity index (χ0v) is 14.4. The van der Waals surface area contributed by atoms with Crippen LogP contribution in [0.25, 0.3) is 0 Å². The van der Waals surface area contributed by atoms with Crippen molar-refractivity contribution in [3.63, 3.8) is 0 Å². The Kier molecular flexibility index (Phi) is 6.44. The summed E-state index contributed by atoms with van der Waals surface area (Å²) in [7, 11) is 1.38. The van der Waals surface area contributed by atoms with E-state index in [0.29, 0.717) is 10.6 Å². The highest BCUT2D eigenvalue weighted by atomic mass is 19.4. The van der Waals surface area contributed by atoms with E-state index in [0.717, 1.165) is 0 Å². The van der Waals surface area contributed by atoms with Gasteiger partial charge in [0.05, 0.1) is 13.5 Å². The smallest absolute Gasteiger partial charge is 0.413 e. The minimum atomic E-state index is -4.79. The Balaban J connectivity index is 2.48. The number of alkyl halides is 3. The molecule has 0 spiro atoms. The van der Waals surface area contributed by atoms with Crippen molar-refractivity contribution < 1.29 is 32.6 Å². The zero-order chi connectivity index (χ0) is 20.0. The molecule has 2 aromatic rings. The van der Waals surface area contributed by atoms with Gasteiger partial charge >= 0.3 is 12.1 Å². The van der Waals surface area contributed by atoms with E-state index in [2.05, 4.69) is 0 Å². The van der Waals surface area contributed by atoms with Crippen LogP contribution in [0.15, 0.2) is 54.6 Å². The number of carboxylic acids is 1. The highest BCUT2D eigenvalue weighted by molar-refractivity contribution is 5.94. The standard InChI is InChI=1S/C19H18F3NO4/c1-27-15-9-7-13(8-10-15)17(19(20,21)22)23(12-11-16(24)25)18(26)14-5-3-2-4-6-14/h2-10,17H,11-12H2,1H3,(H,24,25). The molecule has 0 saturated heterocycles. The first-order valence-corrected chi connectivity index (χ1v) is 8.02. The Hall–Kier alpha value is -3.03. The van der Waals surface area contributed by atoms with Gasteiger partial charge < -0.3 is 14.7 Å². The fourth-order valence-electron chi connectivity index (χ4n) is 2.64. The molecule has 0 heterocycles. The summed E-state index contributed by atoms with van der Waals surface area (Å²) in [6.45, 7) is -0.584. The molecule has 0 bridgehead atoms. The summed E-state index contributed by atoms with van der Waals surface area (Å²) in [4.78, 5) is 24.2. The maximum absolute atomic E-state index is 13.9. The molecule has 8 heteroatoms. The number of benzene rings is 2. The number of nitrogens with zero attached hydrogens (tertiary/aromatic N) is 1. The monoisotopic (exact) mass is 381 g/mol. The predicted molar refractivity (Wildman–Crippen MR) is 91.5 cm³/mol. The average molecular weight is 381 g/mol. The van der Waals surface area contributed by atoms with Crippen LogP contribution in [0, 0.1) is 0 Å². The van der Waals surface area contributed by atoms with Crippen LogP contribution in [-0.4, -0.2) is 41.7 Å². The van der Waals surface area contributed by atoms with Crippen molar-refractivity contribution in [1.29, 1.82) is 0 Å². The first-order valence-electron chi connectivity index (χ1n) is 8.02. The summed E-state index contributed by atoms with van der Waals surface area (Å²) in [5.41, 5.74) is -0.136. The number of carboxylic acid groups (broad SMARTS) is 1. The van der Waals surface area contributed by atoms with Gasteiger partial charge in [0, 0.05) is 12.1 Å². The van der Waals surface area contributed by atoms with Gasteiger partial charge in [-0.2, -0.15) is 13.2 Å². The van der Waals surface area contributed by atoms with E-state index in [1.165, 1.54) is 55.6 Å². The summed E-state index contributed by atoms with van der Waals surface area (Å²) < 4.78 is 46.5. The van der Waals surface area contributed by atoms with E-state index in [1.54, 1.807) is 6.07 Å². The molecule has 2 aromatic carbocycles. The van der Waals surface area contributed by atoms with Gasteiger partial charge in [-0.15, -0.1) is 0 Å². The van der Waals surface area contributed by atoms with E-state index in [-0.39, 0.29) is 11.1 Å². The van der Waals surface area contributed by atoms with Gasteiger partial charge in [-0.05, 0) is 29.8 Å². The number of hydrogen-bond acceptors (Lipinski definition) is 3. The van der Waals surface area contributed by atoms with Crippen LogP contribution in [0.5, 0.6) is 5.75 Å². The molecule has 1 amide bonds. The Morgan fingerprint density at radius 2 is 1.67 bits per heavy atom. The topological polar surface area (TPSA) is 66.8 Å². The highest BCUT2D eigenvalue weighted by Gasteiger charge is 2.46. The molecule has 2 rings (SSSR count). The number of ether oxygens (including phenoxy) is 1. The van der Waals surface area contributed by atoms with E-state index in [4.69, 9.17) is 9.84 Å². The van der Waals surface area contributed by atoms with Crippen molar-refractivity contribution in [3.8, 4) is 5.75 Å². The molecule has 1 unspecified atom stereocenters. The summed E-state index contributed by atoms with van der Waals surface area (Å²) in [6.07, 6.45) is -5.40. The highest BCUT2D eigenvalue weighted by Crippen LogP contribution is 2.39. The molecule has 0 aliphatic rings. The van der Waals surface area contributed by atoms with Crippen molar-refractivity contribution >= 4 is 11.9 Å². The van der Waals surface area contributed by atoms with E-state index >= 15 is 0 Å². The number of carbonyl (C=O) groups excluding carboxylic acids is 1. The van der Waals surface area contributed by atoms with Crippen LogP contribution in [-0.2, 0) is 4.79 Å². The summed E-state index contributed by atoms with van der Waals surface area (Å²) in [5.74, 6) is -1.82. The van der Waals surface area contributed by atoms with Crippen LogP contribution in [0.3, 0.4) is 0 Å². The lowest BCUT2D eigenvalue weighted by Gasteiger charge is -2.33. The Morgan fingerprint density at radius 1 is 1.07 bits per heavy atom. The lowest BCUT2D eigenvalue weighted by atomic mass is 10.0. The van der Waals surface area contributed by atoms with Gasteiger partial charge in [0.2, 0.25) is 0 Å². The van der Waals surface area contributed by atoms with Crippen LogP contribution < -0.4 is 4.74 Å². The fourth-order valence-corrected chi connectivity index (χ4v) is 2.64. The van der Waals surface area contributed by atoms with Crippen molar-refractivity contribution in [2.75, 3.05) is 13.7 Å². The normalized spacial score (nSPS) is 12.3. The zero-order valence-electron chi connectivity index (χ0n) is 14.4. The number of rotatable bonds is 7. The number of methoxy groups -OCH3 is 1. The van der Waals surface area contributed by atoms with Crippen LogP contribution >= 0.6 is 0 Å². The third-order valence-electron chi connectivity index (χ3n) is 3.90. The van der Waals surface area contributed by atoms with Gasteiger partial charge in [0.25, 0.3) is 5.91 Å². The van der Waals surface area contributed by atoms with Crippen molar-refractivity contribution in [1.82, 2.24) is 4.90 Å². The number of aliphatic carboxylic acids is 1. The van der Waals surface area contributed by atoms with Gasteiger partial charge in [0.1, 0.15) is 5.75 Å². The van der Waals surface area contributed by atoms with E-state index in [9.17, 15) is 22.8 Å². The fraction of sp³-hybridized carbons (Fsp3) is 0.263. The molecule has 0 aliphatic carbocycles. The van der Waals surface area contributed by atoms with Gasteiger partial charge in [-0.25, -0.2) is 0 Å². The van der Waals surface area contributed by atoms with Gasteiger partial charge in [0.15, 0.2) is 6.04 Å². The molecule has 1 atom stereocenters. The molecule has 0 aromatic heterocycles. The van der Waals surface area contributed by atoms with E-state index in [1.807, 2.05) is 0 Å². The molecule has 27 heavy (non-hydrogen) atoms. The lowest BCUT2D eigenvalue weighted by Crippen LogP contribution is -2.43. The molecular weight excluding hydrogens is 363 g/mol. The first kappa shape index (κ1) is 20.3. The third-order valence-corrected chi connectivity index (χ3v) is 3.90. The maximum atomic E-state index is 13.9. The summed E-state index contributed by atoms with van der Waals surface area (Å²) in [5, 5.41) is 8.90. The van der Waals surface area contributed by atoms with Gasteiger partial charge in [-0.1, -0.05) is 30.3 Å². The van der Waals surface area contributed by atoms with Gasteiger partial charge in [-0.3, -0.25) is 9.59 Å². The SMILES string of the molecule is COc1ccc(C(N(CCC(=O)O)C(=O)c2ccccc2)C(F)(F)F)cc1. The maximum Gasteiger partial charge on any atom is 0.413 e. The van der Waals surface area contributed by atoms with Crippen LogP contribution in [0.1, 0.15) is 28.4 Å². The van der Waals surface area contributed by atoms with E-state index < -0.39 is 37.1 Å². The minimum Gasteiger partial charge on any atom is -0.497 e. The third kappa shape index (κ3) is 5.22. The predicted octanol–water partition coefficient (Wildman–Crippen LogP) is 3.92. The average Bonchev–Trinajstić information content (AvgIpc) is 2.64. The second kappa shape index (κ2) is 8.57. The number of amides is 1. The minimum absolute atomic E-state index is 0.0469. The van der Waals surface area contributed by atoms with Crippen molar-refractivity contribution in [2.45, 2.75) is 18.6 Å². The van der Waals surface area contributed by atoms with Crippen LogP contribution in [0.2, 0.25) is 0 Å². The molecule has 1 N–H and O–H groups in total. The molecule has 0 radical (unpaired) electrons.